The van der Waals surface area contributed by atoms with E-state index in [1.54, 1.807) is 34.7 Å². The fourth-order valence-electron chi connectivity index (χ4n) is 15.0. The van der Waals surface area contributed by atoms with Gasteiger partial charge in [-0.25, -0.2) is 55.7 Å². The second-order valence-corrected chi connectivity index (χ2v) is 34.4. The number of halogens is 21. The van der Waals surface area contributed by atoms with Gasteiger partial charge in [0.05, 0.1) is 100 Å². The first kappa shape index (κ1) is 112. The van der Waals surface area contributed by atoms with Crippen LogP contribution < -0.4 is 21.3 Å². The molecule has 12 rings (SSSR count). The topological polar surface area (TPSA) is 325 Å². The number of carbonyl (C=O) groups is 5. The fraction of sp³-hybridized carbons (Fsp3) is 0.494. The number of allylic oxidation sites excluding steroid dienone is 3. The highest BCUT2D eigenvalue weighted by molar-refractivity contribution is 7.87. The van der Waals surface area contributed by atoms with Gasteiger partial charge in [-0.05, 0) is 113 Å². The van der Waals surface area contributed by atoms with Crippen LogP contribution in [0.15, 0.2) is 120 Å². The van der Waals surface area contributed by atoms with Gasteiger partial charge >= 0.3 is 64.0 Å². The second kappa shape index (κ2) is 48.9. The molecular weight excluding hydrogens is 1940 g/mol. The molecule has 26 nitrogen and oxygen atoms in total. The van der Waals surface area contributed by atoms with E-state index in [1.165, 1.54) is 78.4 Å². The Morgan fingerprint density at radius 1 is 0.470 bits per heavy atom. The average molecular weight is 2030 g/mol. The largest absolute Gasteiger partial charge is 0.523 e. The number of aliphatic hydroxyl groups is 1. The number of aliphatic hydroxyl groups excluding tert-OH is 1. The summed E-state index contributed by atoms with van der Waals surface area (Å²) in [7, 11) is -0.106. The van der Waals surface area contributed by atoms with Crippen molar-refractivity contribution in [2.75, 3.05) is 81.5 Å². The van der Waals surface area contributed by atoms with Crippen LogP contribution in [-0.4, -0.2) is 209 Å². The molecule has 6 aliphatic rings. The first-order chi connectivity index (χ1) is 60.8. The third-order valence-corrected chi connectivity index (χ3v) is 25.4. The highest BCUT2D eigenvalue weighted by atomic mass is 35.5. The first-order valence-electron chi connectivity index (χ1n) is 38.5. The summed E-state index contributed by atoms with van der Waals surface area (Å²) < 4.78 is 279. The molecule has 0 spiro atoms. The maximum absolute atomic E-state index is 14.5. The molecule has 0 amide bonds. The number of alkyl halides is 12. The Kier molecular flexibility index (Phi) is 41.3. The highest BCUT2D eigenvalue weighted by Crippen LogP contribution is 2.48. The summed E-state index contributed by atoms with van der Waals surface area (Å²) in [5.74, 6) is -10.3. The fourth-order valence-corrected chi connectivity index (χ4v) is 18.0. The molecule has 132 heavy (non-hydrogen) atoms. The Hall–Kier alpha value is -9.11. The summed E-state index contributed by atoms with van der Waals surface area (Å²) >= 11 is 22.4. The number of hydrogen-bond donors (Lipinski definition) is 5. The third kappa shape index (κ3) is 29.0. The normalized spacial score (nSPS) is 20.6. The number of nitrogens with one attached hydrogen (secondary N) is 4. The van der Waals surface area contributed by atoms with Gasteiger partial charge in [0.15, 0.2) is 74.0 Å². The number of nitrogens with zero attached hydrogens (tertiary/aromatic N) is 8. The SMILES string of the molecule is C.C.C.COC(=O)C1=C(C2CCC(N(CCO)CC(F)(F)F)CC2)NC(c2nccs2)=NC1c1ccc(F)c(F)c1Cl.COC(=O)CN(CC(F)(F)F)C1CCC(C2=C(C(=O)OC)C(c3ccc(F)c(F)c3Cl)N=C(c3nccs3)N2)CC1.COC(=O)CNC1CCC(C2=C(C(=O)OC)C(c3ccc(F)c(F)c3Cl)N=C(c3nccs3)N2)CC1.O=S(=O)(OCC(F)(F)F)C(F)(F)F. The third-order valence-electron chi connectivity index (χ3n) is 20.9. The van der Waals surface area contributed by atoms with Crippen LogP contribution in [0, 0.1) is 52.7 Å². The van der Waals surface area contributed by atoms with Crippen LogP contribution in [0.3, 0.4) is 0 Å². The summed E-state index contributed by atoms with van der Waals surface area (Å²) in [5, 5.41) is 27.3. The van der Waals surface area contributed by atoms with Crippen LogP contribution in [0.5, 0.6) is 0 Å². The van der Waals surface area contributed by atoms with E-state index in [0.717, 1.165) is 50.2 Å². The van der Waals surface area contributed by atoms with Gasteiger partial charge in [0.25, 0.3) is 0 Å². The number of thiazole rings is 3. The van der Waals surface area contributed by atoms with Crippen molar-refractivity contribution in [2.45, 2.75) is 160 Å². The molecule has 3 aliphatic heterocycles. The average Bonchev–Trinajstić information content (AvgIpc) is 1.02. The second-order valence-electron chi connectivity index (χ2n) is 29.0. The van der Waals surface area contributed by atoms with E-state index in [1.807, 2.05) is 0 Å². The van der Waals surface area contributed by atoms with Gasteiger partial charge in [-0.15, -0.1) is 34.0 Å². The van der Waals surface area contributed by atoms with E-state index in [9.17, 15) is 117 Å². The first-order valence-corrected chi connectivity index (χ1v) is 43.7. The molecule has 6 aromatic rings. The summed E-state index contributed by atoms with van der Waals surface area (Å²) in [6, 6.07) is 2.34. The maximum Gasteiger partial charge on any atom is 0.523 e. The molecule has 3 unspecified atom stereocenters. The predicted octanol–water partition coefficient (Wildman–Crippen LogP) is 17.4. The lowest BCUT2D eigenvalue weighted by Crippen LogP contribution is -2.47. The monoisotopic (exact) mass is 2030 g/mol. The Bertz CT molecular complexity index is 5260. The molecule has 3 atom stereocenters. The van der Waals surface area contributed by atoms with E-state index in [4.69, 9.17) is 49.0 Å². The quantitative estimate of drug-likeness (QED) is 0.00888. The van der Waals surface area contributed by atoms with E-state index in [-0.39, 0.29) is 117 Å². The summed E-state index contributed by atoms with van der Waals surface area (Å²) in [6.45, 7) is -5.80. The molecule has 3 saturated carbocycles. The van der Waals surface area contributed by atoms with Crippen molar-refractivity contribution in [3.63, 3.8) is 0 Å². The van der Waals surface area contributed by atoms with Gasteiger partial charge in [-0.3, -0.25) is 38.5 Å². The molecule has 3 aliphatic carbocycles. The molecule has 730 valence electrons. The molecule has 0 radical (unpaired) electrons. The number of carbonyl (C=O) groups excluding carboxylic acids is 5. The molecular formula is C81H91Cl3F18N12O14S4. The van der Waals surface area contributed by atoms with Crippen LogP contribution in [0.2, 0.25) is 15.1 Å². The van der Waals surface area contributed by atoms with Crippen molar-refractivity contribution in [3.05, 3.63) is 187 Å². The van der Waals surface area contributed by atoms with E-state index in [2.05, 4.69) is 64.9 Å². The molecule has 3 fully saturated rings. The van der Waals surface area contributed by atoms with Gasteiger partial charge in [0.2, 0.25) is 0 Å². The van der Waals surface area contributed by atoms with E-state index >= 15 is 0 Å². The Morgan fingerprint density at radius 2 is 0.788 bits per heavy atom. The number of methoxy groups -OCH3 is 5. The minimum absolute atomic E-state index is 0. The predicted molar refractivity (Wildman–Crippen MR) is 454 cm³/mol. The minimum Gasteiger partial charge on any atom is -0.468 e. The number of rotatable bonds is 25. The number of amidine groups is 3. The number of hydrogen-bond acceptors (Lipinski definition) is 29. The van der Waals surface area contributed by atoms with Crippen molar-refractivity contribution >= 4 is 126 Å². The molecule has 3 aromatic heterocycles. The molecule has 6 heterocycles. The standard InChI is InChI=1S/C26H26ClF5N4O4S.C25H26ClF5N4O3S.C24H25ClF2N4O4S.C3H2F6O3S.3CH4/c1-39-17(37)11-36(12-26(30,31)32)14-5-3-13(4-6-14)21-18(25(38)40-2)22(15-7-8-16(28)20(29)19(15)27)35-23(34-21)24-33-9-10-41-24;1-38-24(37)17-20(13-2-4-14(5-3-13)35(9-10-36)12-25(29,30)31)33-22(23-32-8-11-39-23)34-21(17)15-6-7-16(27)19(28)18(15)26;1-34-16(32)11-29-13-5-3-12(4-6-13)20-17(24(33)35-2)21(14-7-8-15(26)19(27)18(14)25)31-22(30-20)23-28-9-10-36-23;4-2(5,6)1-12-13(10,11)3(7,8)9;;;/h7-10,13-14,22H,3-6,11-12H2,1-2H3,(H,34,35);6-8,11,13-14,21,36H,2-5,9-10,12H2,1H3,(H,33,34);7-10,12-13,21,29H,3-6,11H2,1-2H3,(H,30,31);1H2;3*1H4. The number of aromatic nitrogens is 3. The minimum atomic E-state index is -6.15. The molecule has 0 saturated heterocycles. The zero-order valence-corrected chi connectivity index (χ0v) is 73.5. The van der Waals surface area contributed by atoms with E-state index < -0.39 is 171 Å². The van der Waals surface area contributed by atoms with Gasteiger partial charge < -0.3 is 50.1 Å². The number of aliphatic imine (C=N–C) groups is 3. The van der Waals surface area contributed by atoms with Crippen LogP contribution in [0.4, 0.5) is 79.0 Å². The van der Waals surface area contributed by atoms with Crippen molar-refractivity contribution in [1.29, 1.82) is 0 Å². The number of ether oxygens (including phenoxy) is 5. The molecule has 5 N–H and O–H groups in total. The van der Waals surface area contributed by atoms with Crippen LogP contribution >= 0.6 is 68.8 Å². The van der Waals surface area contributed by atoms with Crippen LogP contribution in [0.25, 0.3) is 0 Å². The van der Waals surface area contributed by atoms with Gasteiger partial charge in [0, 0.05) is 93.2 Å². The van der Waals surface area contributed by atoms with Gasteiger partial charge in [0.1, 0.15) is 18.1 Å². The number of benzene rings is 3. The zero-order chi connectivity index (χ0) is 94.9. The van der Waals surface area contributed by atoms with Crippen LogP contribution in [-0.2, 0) is 62.0 Å². The lowest BCUT2D eigenvalue weighted by atomic mass is 9.80. The summed E-state index contributed by atoms with van der Waals surface area (Å²) in [5.41, 5.74) is -3.93. The van der Waals surface area contributed by atoms with Crippen LogP contribution in [0.1, 0.15) is 149 Å². The Labute approximate surface area is 772 Å². The molecule has 0 bridgehead atoms. The van der Waals surface area contributed by atoms with Gasteiger partial charge in [-0.2, -0.15) is 61.1 Å². The number of esters is 5. The maximum atomic E-state index is 14.5. The van der Waals surface area contributed by atoms with E-state index in [0.29, 0.717) is 95.2 Å². The Morgan fingerprint density at radius 3 is 1.07 bits per heavy atom. The molecule has 3 aromatic carbocycles. The summed E-state index contributed by atoms with van der Waals surface area (Å²) in [4.78, 5) is 91.6. The zero-order valence-electron chi connectivity index (χ0n) is 68.0. The molecule has 51 heteroatoms. The van der Waals surface area contributed by atoms with Crippen molar-refractivity contribution in [2.24, 2.45) is 32.7 Å². The lowest BCUT2D eigenvalue weighted by Gasteiger charge is -2.39. The lowest BCUT2D eigenvalue weighted by molar-refractivity contribution is -0.161. The van der Waals surface area contributed by atoms with Crippen molar-refractivity contribution < 1.29 is 144 Å². The summed E-state index contributed by atoms with van der Waals surface area (Å²) in [6.07, 6.45) is -3.61. The van der Waals surface area contributed by atoms with Crippen molar-refractivity contribution in [3.8, 4) is 0 Å². The Balaban J connectivity index is 0.000000282. The van der Waals surface area contributed by atoms with Crippen molar-refractivity contribution in [1.82, 2.24) is 46.0 Å². The smallest absolute Gasteiger partial charge is 0.468 e. The van der Waals surface area contributed by atoms with Gasteiger partial charge in [-0.1, -0.05) is 75.3 Å². The highest BCUT2D eigenvalue weighted by Gasteiger charge is 2.50.